The minimum absolute atomic E-state index is 0.123. The molecule has 0 radical (unpaired) electrons. The van der Waals surface area contributed by atoms with E-state index in [1.807, 2.05) is 60.7 Å². The molecule has 0 saturated heterocycles. The maximum Gasteiger partial charge on any atom is 0.257 e. The molecule has 1 aliphatic carbocycles. The first kappa shape index (κ1) is 19.6. The number of Topliss-reactive ketones (excluding diaryl/α,β-unsaturated/α-hetero) is 1. The maximum absolute atomic E-state index is 12.4. The third-order valence-electron chi connectivity index (χ3n) is 5.32. The summed E-state index contributed by atoms with van der Waals surface area (Å²) < 4.78 is 6.05. The lowest BCUT2D eigenvalue weighted by atomic mass is 9.99. The highest BCUT2D eigenvalue weighted by molar-refractivity contribution is 7.99. The van der Waals surface area contributed by atoms with Crippen LogP contribution in [0, 0.1) is 11.3 Å². The topological polar surface area (TPSA) is 67.0 Å². The highest BCUT2D eigenvalue weighted by Gasteiger charge is 2.22. The van der Waals surface area contributed by atoms with E-state index >= 15 is 0 Å². The van der Waals surface area contributed by atoms with Gasteiger partial charge in [-0.15, -0.1) is 0 Å². The summed E-state index contributed by atoms with van der Waals surface area (Å²) in [5.74, 6) is 1.28. The maximum atomic E-state index is 12.4. The quantitative estimate of drug-likeness (QED) is 0.355. The number of nitrogens with one attached hydrogen (secondary N) is 1. The van der Waals surface area contributed by atoms with E-state index in [0.29, 0.717) is 23.3 Å². The number of benzene rings is 2. The van der Waals surface area contributed by atoms with Gasteiger partial charge >= 0.3 is 0 Å². The summed E-state index contributed by atoms with van der Waals surface area (Å²) in [5.41, 5.74) is 2.93. The molecular formula is C24H24N2O2S. The molecule has 4 nitrogen and oxygen atoms in total. The first-order chi connectivity index (χ1) is 14.2. The second-order valence-electron chi connectivity index (χ2n) is 7.43. The van der Waals surface area contributed by atoms with Crippen LogP contribution in [0.1, 0.15) is 32.1 Å². The molecule has 1 heterocycles. The Labute approximate surface area is 175 Å². The second kappa shape index (κ2) is 9.23. The summed E-state index contributed by atoms with van der Waals surface area (Å²) in [6, 6.07) is 19.8. The molecule has 0 unspecified atom stereocenters. The van der Waals surface area contributed by atoms with Crippen LogP contribution in [0.25, 0.3) is 22.6 Å². The molecule has 0 atom stereocenters. The first-order valence-electron chi connectivity index (χ1n) is 10.1. The predicted octanol–water partition coefficient (Wildman–Crippen LogP) is 6.27. The zero-order chi connectivity index (χ0) is 20.1. The van der Waals surface area contributed by atoms with Crippen LogP contribution >= 0.6 is 11.8 Å². The number of aromatic nitrogens is 1. The molecule has 0 aliphatic heterocycles. The Morgan fingerprint density at radius 2 is 1.62 bits per heavy atom. The van der Waals surface area contributed by atoms with Gasteiger partial charge in [-0.25, -0.2) is 4.98 Å². The number of carbonyl (C=O) groups is 1. The van der Waals surface area contributed by atoms with Crippen molar-refractivity contribution >= 4 is 23.3 Å². The molecule has 1 aromatic heterocycles. The van der Waals surface area contributed by atoms with Crippen LogP contribution in [-0.4, -0.2) is 22.2 Å². The third-order valence-corrected chi connectivity index (χ3v) is 6.15. The highest BCUT2D eigenvalue weighted by Crippen LogP contribution is 2.35. The molecule has 5 heteroatoms. The molecule has 0 amide bonds. The molecular weight excluding hydrogens is 380 g/mol. The van der Waals surface area contributed by atoms with Crippen molar-refractivity contribution < 1.29 is 9.21 Å². The number of rotatable bonds is 8. The Morgan fingerprint density at radius 1 is 1.00 bits per heavy atom. The Morgan fingerprint density at radius 3 is 2.28 bits per heavy atom. The van der Waals surface area contributed by atoms with Crippen LogP contribution < -0.4 is 0 Å². The van der Waals surface area contributed by atoms with Gasteiger partial charge in [0, 0.05) is 11.1 Å². The van der Waals surface area contributed by atoms with Crippen molar-refractivity contribution in [1.29, 1.82) is 5.41 Å². The number of thioether (sulfide) groups is 1. The van der Waals surface area contributed by atoms with E-state index in [-0.39, 0.29) is 17.2 Å². The summed E-state index contributed by atoms with van der Waals surface area (Å²) in [4.78, 5) is 17.1. The zero-order valence-corrected chi connectivity index (χ0v) is 17.1. The van der Waals surface area contributed by atoms with Crippen molar-refractivity contribution in [3.8, 4) is 22.6 Å². The van der Waals surface area contributed by atoms with Gasteiger partial charge in [0.05, 0.1) is 11.5 Å². The zero-order valence-electron chi connectivity index (χ0n) is 16.3. The number of hydrogen-bond donors (Lipinski definition) is 1. The van der Waals surface area contributed by atoms with Crippen LogP contribution in [-0.2, 0) is 4.79 Å². The van der Waals surface area contributed by atoms with E-state index in [9.17, 15) is 4.79 Å². The Kier molecular flexibility index (Phi) is 6.25. The highest BCUT2D eigenvalue weighted by atomic mass is 32.2. The van der Waals surface area contributed by atoms with E-state index < -0.39 is 0 Å². The van der Waals surface area contributed by atoms with Crippen molar-refractivity contribution in [3.05, 3.63) is 60.7 Å². The minimum atomic E-state index is -0.123. The van der Waals surface area contributed by atoms with Crippen molar-refractivity contribution in [3.63, 3.8) is 0 Å². The van der Waals surface area contributed by atoms with Gasteiger partial charge in [-0.05, 0) is 12.3 Å². The molecule has 1 fully saturated rings. The largest absolute Gasteiger partial charge is 0.431 e. The Hall–Kier alpha value is -2.66. The smallest absolute Gasteiger partial charge is 0.257 e. The normalized spacial score (nSPS) is 14.2. The number of nitrogens with zero attached hydrogens (tertiary/aromatic N) is 1. The number of ketones is 1. The fourth-order valence-electron chi connectivity index (χ4n) is 3.77. The van der Waals surface area contributed by atoms with E-state index in [2.05, 4.69) is 4.98 Å². The number of hydrogen-bond acceptors (Lipinski definition) is 5. The molecule has 3 aromatic rings. The lowest BCUT2D eigenvalue weighted by Crippen LogP contribution is -2.18. The fraction of sp³-hybridized carbons (Fsp3) is 0.292. The van der Waals surface area contributed by atoms with Gasteiger partial charge in [0.2, 0.25) is 0 Å². The molecule has 4 rings (SSSR count). The van der Waals surface area contributed by atoms with Crippen LogP contribution in [0.15, 0.2) is 70.3 Å². The first-order valence-corrected chi connectivity index (χ1v) is 11.0. The SMILES string of the molecule is N=C(CC1CCCC1)C(=O)CSc1nc(-c2ccccc2)c(-c2ccccc2)o1. The summed E-state index contributed by atoms with van der Waals surface area (Å²) in [7, 11) is 0. The lowest BCUT2D eigenvalue weighted by molar-refractivity contribution is -0.110. The third kappa shape index (κ3) is 4.85. The van der Waals surface area contributed by atoms with Gasteiger partial charge in [0.15, 0.2) is 11.5 Å². The van der Waals surface area contributed by atoms with Crippen LogP contribution in [0.5, 0.6) is 0 Å². The summed E-state index contributed by atoms with van der Waals surface area (Å²) in [6.45, 7) is 0. The minimum Gasteiger partial charge on any atom is -0.431 e. The van der Waals surface area contributed by atoms with Crippen molar-refractivity contribution in [1.82, 2.24) is 4.98 Å². The molecule has 29 heavy (non-hydrogen) atoms. The summed E-state index contributed by atoms with van der Waals surface area (Å²) >= 11 is 1.27. The van der Waals surface area contributed by atoms with Crippen LogP contribution in [0.4, 0.5) is 0 Å². The van der Waals surface area contributed by atoms with Gasteiger partial charge in [-0.3, -0.25) is 4.79 Å². The standard InChI is InChI=1S/C24H24N2O2S/c25-20(15-17-9-7-8-10-17)21(27)16-29-24-26-22(18-11-3-1-4-12-18)23(28-24)19-13-5-2-6-14-19/h1-6,11-14,17,25H,7-10,15-16H2. The van der Waals surface area contributed by atoms with E-state index in [1.54, 1.807) is 0 Å². The molecule has 0 bridgehead atoms. The second-order valence-corrected chi connectivity index (χ2v) is 8.36. The van der Waals surface area contributed by atoms with E-state index in [0.717, 1.165) is 29.7 Å². The van der Waals surface area contributed by atoms with Crippen molar-refractivity contribution in [2.75, 3.05) is 5.75 Å². The molecule has 148 valence electrons. The van der Waals surface area contributed by atoms with Crippen LogP contribution in [0.2, 0.25) is 0 Å². The Balaban J connectivity index is 1.50. The van der Waals surface area contributed by atoms with Gasteiger partial charge in [-0.1, -0.05) is 98.1 Å². The summed E-state index contributed by atoms with van der Waals surface area (Å²) in [6.07, 6.45) is 5.34. The van der Waals surface area contributed by atoms with Gasteiger partial charge in [0.25, 0.3) is 5.22 Å². The van der Waals surface area contributed by atoms with Gasteiger partial charge < -0.3 is 9.83 Å². The predicted molar refractivity (Wildman–Crippen MR) is 117 cm³/mol. The van der Waals surface area contributed by atoms with Gasteiger partial charge in [0.1, 0.15) is 5.69 Å². The molecule has 1 N–H and O–H groups in total. The number of carbonyl (C=O) groups excluding carboxylic acids is 1. The summed E-state index contributed by atoms with van der Waals surface area (Å²) in [5, 5.41) is 8.59. The average Bonchev–Trinajstić information content (AvgIpc) is 3.43. The van der Waals surface area contributed by atoms with Crippen molar-refractivity contribution in [2.45, 2.75) is 37.3 Å². The molecule has 1 saturated carbocycles. The monoisotopic (exact) mass is 404 g/mol. The van der Waals surface area contributed by atoms with Gasteiger partial charge in [-0.2, -0.15) is 0 Å². The number of oxazole rings is 1. The molecule has 2 aromatic carbocycles. The lowest BCUT2D eigenvalue weighted by Gasteiger charge is -2.08. The average molecular weight is 405 g/mol. The van der Waals surface area contributed by atoms with Crippen molar-refractivity contribution in [2.24, 2.45) is 5.92 Å². The Bertz CT molecular complexity index is 920. The van der Waals surface area contributed by atoms with Crippen LogP contribution in [0.3, 0.4) is 0 Å². The van der Waals surface area contributed by atoms with E-state index in [4.69, 9.17) is 9.83 Å². The fourth-order valence-corrected chi connectivity index (χ4v) is 4.50. The molecule has 0 spiro atoms. The molecule has 1 aliphatic rings. The van der Waals surface area contributed by atoms with E-state index in [1.165, 1.54) is 24.6 Å².